The number of hydrogen-bond donors (Lipinski definition) is 0. The lowest BCUT2D eigenvalue weighted by atomic mass is 10.1. The van der Waals surface area contributed by atoms with Gasteiger partial charge < -0.3 is 4.52 Å². The Bertz CT molecular complexity index is 1270. The number of anilines is 1. The second-order valence-corrected chi connectivity index (χ2v) is 8.47. The molecule has 1 fully saturated rings. The molecule has 0 N–H and O–H groups in total. The quantitative estimate of drug-likeness (QED) is 0.567. The fourth-order valence-corrected chi connectivity index (χ4v) is 4.61. The van der Waals surface area contributed by atoms with Gasteiger partial charge in [-0.1, -0.05) is 28.0 Å². The number of fused-ring (bicyclic) bond motifs is 2. The Morgan fingerprint density at radius 2 is 1.84 bits per heavy atom. The first-order valence-electron chi connectivity index (χ1n) is 10.3. The molecule has 1 saturated heterocycles. The van der Waals surface area contributed by atoms with Crippen LogP contribution in [0.3, 0.4) is 0 Å². The van der Waals surface area contributed by atoms with Crippen molar-refractivity contribution in [3.63, 3.8) is 0 Å². The van der Waals surface area contributed by atoms with Crippen LogP contribution in [-0.2, 0) is 29.0 Å². The normalized spacial score (nSPS) is 21.5. The van der Waals surface area contributed by atoms with E-state index in [4.69, 9.17) is 16.1 Å². The third-order valence-corrected chi connectivity index (χ3v) is 6.32. The molecule has 10 heteroatoms. The molecular weight excluding hydrogens is 432 g/mol. The Balaban J connectivity index is 1.23. The predicted octanol–water partition coefficient (Wildman–Crippen LogP) is 3.37. The lowest BCUT2D eigenvalue weighted by Gasteiger charge is -2.19. The molecule has 3 aliphatic rings. The average Bonchev–Trinajstić information content (AvgIpc) is 3.56. The van der Waals surface area contributed by atoms with E-state index in [2.05, 4.69) is 20.5 Å². The van der Waals surface area contributed by atoms with E-state index in [1.807, 2.05) is 18.2 Å². The van der Waals surface area contributed by atoms with Crippen LogP contribution in [0.5, 0.6) is 0 Å². The zero-order valence-corrected chi connectivity index (χ0v) is 17.6. The van der Waals surface area contributed by atoms with E-state index < -0.39 is 12.1 Å². The standard InChI is InChI=1S/C22H17ClN6O3/c23-15-7-4-13(5-8-15)20-24-17(32-26-20)11-28-19-18(25-27-28)21(30)29(22(19)31)16-9-6-12-2-1-3-14(12)10-16/h4-10,18-19H,1-3,11H2/t18-,19-/m0/s1. The minimum Gasteiger partial charge on any atom is -0.337 e. The van der Waals surface area contributed by atoms with E-state index in [-0.39, 0.29) is 24.2 Å². The van der Waals surface area contributed by atoms with Gasteiger partial charge in [0.05, 0.1) is 5.69 Å². The number of rotatable bonds is 4. The van der Waals surface area contributed by atoms with Crippen molar-refractivity contribution in [2.24, 2.45) is 10.3 Å². The van der Waals surface area contributed by atoms with Crippen molar-refractivity contribution in [2.45, 2.75) is 37.9 Å². The van der Waals surface area contributed by atoms with Crippen LogP contribution < -0.4 is 4.90 Å². The monoisotopic (exact) mass is 448 g/mol. The van der Waals surface area contributed by atoms with Gasteiger partial charge in [0, 0.05) is 10.6 Å². The third kappa shape index (κ3) is 3.00. The molecule has 3 heterocycles. The lowest BCUT2D eigenvalue weighted by molar-refractivity contribution is -0.123. The summed E-state index contributed by atoms with van der Waals surface area (Å²) >= 11 is 5.92. The Morgan fingerprint density at radius 1 is 1.03 bits per heavy atom. The number of nitrogens with zero attached hydrogens (tertiary/aromatic N) is 6. The lowest BCUT2D eigenvalue weighted by Crippen LogP contribution is -2.39. The molecule has 0 bridgehead atoms. The SMILES string of the molecule is O=C1[C@H]2N=NN(Cc3nc(-c4ccc(Cl)cc4)no3)[C@@H]2C(=O)N1c1ccc2c(c1)CCC2. The number of aromatic nitrogens is 2. The van der Waals surface area contributed by atoms with Gasteiger partial charge in [-0.05, 0) is 66.8 Å². The van der Waals surface area contributed by atoms with Gasteiger partial charge in [0.25, 0.3) is 11.8 Å². The Morgan fingerprint density at radius 3 is 2.69 bits per heavy atom. The summed E-state index contributed by atoms with van der Waals surface area (Å²) in [5.41, 5.74) is 3.81. The van der Waals surface area contributed by atoms with Crippen LogP contribution in [0.1, 0.15) is 23.4 Å². The van der Waals surface area contributed by atoms with Gasteiger partial charge in [0.1, 0.15) is 6.54 Å². The number of carbonyl (C=O) groups excluding carboxylic acids is 2. The van der Waals surface area contributed by atoms with Crippen molar-refractivity contribution < 1.29 is 14.1 Å². The zero-order valence-electron chi connectivity index (χ0n) is 16.8. The van der Waals surface area contributed by atoms with Gasteiger partial charge >= 0.3 is 0 Å². The van der Waals surface area contributed by atoms with Gasteiger partial charge in [-0.15, -0.1) is 0 Å². The van der Waals surface area contributed by atoms with Crippen molar-refractivity contribution in [1.29, 1.82) is 0 Å². The zero-order chi connectivity index (χ0) is 21.8. The van der Waals surface area contributed by atoms with Gasteiger partial charge in [-0.3, -0.25) is 14.6 Å². The first kappa shape index (κ1) is 19.1. The molecule has 160 valence electrons. The molecular formula is C22H17ClN6O3. The van der Waals surface area contributed by atoms with E-state index in [1.165, 1.54) is 21.0 Å². The van der Waals surface area contributed by atoms with Gasteiger partial charge in [0.2, 0.25) is 11.7 Å². The van der Waals surface area contributed by atoms with Crippen LogP contribution in [0.4, 0.5) is 5.69 Å². The number of benzene rings is 2. The molecule has 1 aromatic heterocycles. The van der Waals surface area contributed by atoms with Crippen molar-refractivity contribution in [1.82, 2.24) is 15.1 Å². The molecule has 32 heavy (non-hydrogen) atoms. The number of imide groups is 1. The number of carbonyl (C=O) groups is 2. The molecule has 0 spiro atoms. The maximum Gasteiger partial charge on any atom is 0.263 e. The molecule has 0 radical (unpaired) electrons. The van der Waals surface area contributed by atoms with E-state index in [1.54, 1.807) is 24.3 Å². The maximum absolute atomic E-state index is 13.2. The fraction of sp³-hybridized carbons (Fsp3) is 0.273. The Hall–Kier alpha value is -3.59. The molecule has 9 nitrogen and oxygen atoms in total. The molecule has 0 unspecified atom stereocenters. The van der Waals surface area contributed by atoms with Crippen LogP contribution in [0.15, 0.2) is 57.3 Å². The Kier molecular flexibility index (Phi) is 4.32. The highest BCUT2D eigenvalue weighted by Gasteiger charge is 2.55. The van der Waals surface area contributed by atoms with E-state index in [0.29, 0.717) is 16.5 Å². The summed E-state index contributed by atoms with van der Waals surface area (Å²) in [5.74, 6) is -0.0410. The van der Waals surface area contributed by atoms with Crippen LogP contribution in [0, 0.1) is 0 Å². The molecule has 6 rings (SSSR count). The van der Waals surface area contributed by atoms with E-state index in [9.17, 15) is 9.59 Å². The van der Waals surface area contributed by atoms with Crippen molar-refractivity contribution in [2.75, 3.05) is 4.90 Å². The molecule has 1 aliphatic carbocycles. The molecule has 3 aromatic rings. The highest BCUT2D eigenvalue weighted by Crippen LogP contribution is 2.35. The van der Waals surface area contributed by atoms with E-state index in [0.717, 1.165) is 24.8 Å². The highest BCUT2D eigenvalue weighted by molar-refractivity contribution is 6.30. The highest BCUT2D eigenvalue weighted by atomic mass is 35.5. The molecule has 0 saturated carbocycles. The number of amides is 2. The minimum atomic E-state index is -0.866. The Labute approximate surface area is 187 Å². The van der Waals surface area contributed by atoms with Crippen molar-refractivity contribution in [3.05, 3.63) is 64.5 Å². The van der Waals surface area contributed by atoms with Gasteiger partial charge in [0.15, 0.2) is 12.1 Å². The second-order valence-electron chi connectivity index (χ2n) is 8.03. The maximum atomic E-state index is 13.2. The van der Waals surface area contributed by atoms with Crippen LogP contribution in [0.2, 0.25) is 5.02 Å². The second kappa shape index (κ2) is 7.23. The fourth-order valence-electron chi connectivity index (χ4n) is 4.48. The molecule has 2 atom stereocenters. The van der Waals surface area contributed by atoms with Crippen LogP contribution in [0.25, 0.3) is 11.4 Å². The van der Waals surface area contributed by atoms with E-state index >= 15 is 0 Å². The first-order valence-corrected chi connectivity index (χ1v) is 10.7. The summed E-state index contributed by atoms with van der Waals surface area (Å²) in [4.78, 5) is 31.8. The molecule has 2 aromatic carbocycles. The largest absolute Gasteiger partial charge is 0.337 e. The number of aryl methyl sites for hydroxylation is 2. The van der Waals surface area contributed by atoms with Crippen LogP contribution >= 0.6 is 11.6 Å². The summed E-state index contributed by atoms with van der Waals surface area (Å²) in [6.45, 7) is 0.0717. The van der Waals surface area contributed by atoms with Gasteiger partial charge in [-0.25, -0.2) is 4.90 Å². The summed E-state index contributed by atoms with van der Waals surface area (Å²) < 4.78 is 5.34. The summed E-state index contributed by atoms with van der Waals surface area (Å²) in [7, 11) is 0. The smallest absolute Gasteiger partial charge is 0.263 e. The predicted molar refractivity (Wildman–Crippen MR) is 114 cm³/mol. The van der Waals surface area contributed by atoms with Crippen molar-refractivity contribution in [3.8, 4) is 11.4 Å². The molecule has 2 amide bonds. The number of hydrogen-bond acceptors (Lipinski definition) is 8. The average molecular weight is 449 g/mol. The number of halogens is 1. The third-order valence-electron chi connectivity index (χ3n) is 6.07. The van der Waals surface area contributed by atoms with Crippen LogP contribution in [-0.4, -0.2) is 39.0 Å². The van der Waals surface area contributed by atoms with Gasteiger partial charge in [-0.2, -0.15) is 10.1 Å². The van der Waals surface area contributed by atoms with Crippen molar-refractivity contribution >= 4 is 29.1 Å². The summed E-state index contributed by atoms with van der Waals surface area (Å²) in [5, 5.41) is 14.1. The topological polar surface area (TPSA) is 104 Å². The first-order chi connectivity index (χ1) is 15.6. The summed E-state index contributed by atoms with van der Waals surface area (Å²) in [6, 6.07) is 11.1. The minimum absolute atomic E-state index is 0.0717. The molecule has 2 aliphatic heterocycles. The summed E-state index contributed by atoms with van der Waals surface area (Å²) in [6.07, 6.45) is 3.09.